The Kier molecular flexibility index (Phi) is 7.90. The number of hydrogen-bond acceptors (Lipinski definition) is 2. The van der Waals surface area contributed by atoms with Crippen LogP contribution < -0.4 is 4.90 Å². The molecule has 0 amide bonds. The van der Waals surface area contributed by atoms with Crippen LogP contribution in [-0.2, 0) is 0 Å². The summed E-state index contributed by atoms with van der Waals surface area (Å²) < 4.78 is 1.18. The molecule has 1 aromatic carbocycles. The fourth-order valence-corrected chi connectivity index (χ4v) is 3.79. The van der Waals surface area contributed by atoms with E-state index >= 15 is 0 Å². The highest BCUT2D eigenvalue weighted by atomic mass is 79.9. The van der Waals surface area contributed by atoms with Crippen molar-refractivity contribution in [2.75, 3.05) is 18.0 Å². The second-order valence-electron chi connectivity index (χ2n) is 5.76. The summed E-state index contributed by atoms with van der Waals surface area (Å²) in [5.41, 5.74) is 2.60. The van der Waals surface area contributed by atoms with Gasteiger partial charge in [-0.1, -0.05) is 44.9 Å². The van der Waals surface area contributed by atoms with Crippen LogP contribution in [0.1, 0.15) is 50.0 Å². The van der Waals surface area contributed by atoms with E-state index in [2.05, 4.69) is 83.2 Å². The number of thiophene rings is 1. The zero-order chi connectivity index (χ0) is 16.5. The number of benzene rings is 1. The first-order valence-corrected chi connectivity index (χ1v) is 10.1. The molecule has 0 aliphatic heterocycles. The number of anilines is 1. The van der Waals surface area contributed by atoms with Crippen molar-refractivity contribution in [1.82, 2.24) is 0 Å². The van der Waals surface area contributed by atoms with Crippen molar-refractivity contribution in [1.29, 1.82) is 0 Å². The van der Waals surface area contributed by atoms with Gasteiger partial charge in [-0.25, -0.2) is 0 Å². The molecule has 124 valence electrons. The zero-order valence-corrected chi connectivity index (χ0v) is 16.5. The number of hydrogen-bond donors (Lipinski definition) is 0. The topological polar surface area (TPSA) is 3.24 Å². The number of unbranched alkanes of at least 4 members (excludes halogenated alkanes) is 2. The van der Waals surface area contributed by atoms with Gasteiger partial charge in [-0.15, -0.1) is 11.3 Å². The van der Waals surface area contributed by atoms with Gasteiger partial charge in [-0.05, 0) is 64.7 Å². The Labute approximate surface area is 153 Å². The van der Waals surface area contributed by atoms with Crippen LogP contribution in [0.3, 0.4) is 0 Å². The summed E-state index contributed by atoms with van der Waals surface area (Å²) in [7, 11) is 0. The molecule has 0 N–H and O–H groups in total. The minimum atomic E-state index is 1.16. The molecule has 0 spiro atoms. The molecule has 0 bridgehead atoms. The van der Waals surface area contributed by atoms with E-state index in [9.17, 15) is 0 Å². The largest absolute Gasteiger partial charge is 0.372 e. The summed E-state index contributed by atoms with van der Waals surface area (Å²) in [5.74, 6) is 0. The Morgan fingerprint density at radius 2 is 1.57 bits per heavy atom. The van der Waals surface area contributed by atoms with E-state index in [4.69, 9.17) is 0 Å². The first-order valence-electron chi connectivity index (χ1n) is 8.51. The fourth-order valence-electron chi connectivity index (χ4n) is 2.46. The average Bonchev–Trinajstić information content (AvgIpc) is 2.99. The van der Waals surface area contributed by atoms with Crippen LogP contribution in [0.2, 0.25) is 0 Å². The SMILES string of the molecule is CCCCN(CCCC)c1ccc(C=Cc2ccc(Br)s2)cc1. The summed E-state index contributed by atoms with van der Waals surface area (Å²) >= 11 is 5.26. The van der Waals surface area contributed by atoms with Crippen LogP contribution >= 0.6 is 27.3 Å². The molecule has 3 heteroatoms. The van der Waals surface area contributed by atoms with Crippen LogP contribution in [0.15, 0.2) is 40.2 Å². The number of halogens is 1. The molecule has 0 saturated carbocycles. The van der Waals surface area contributed by atoms with Crippen molar-refractivity contribution < 1.29 is 0 Å². The third-order valence-corrected chi connectivity index (χ3v) is 5.44. The molecule has 2 rings (SSSR count). The van der Waals surface area contributed by atoms with Gasteiger partial charge in [0, 0.05) is 23.7 Å². The van der Waals surface area contributed by atoms with Crippen molar-refractivity contribution >= 4 is 45.1 Å². The normalized spacial score (nSPS) is 11.3. The molecule has 1 heterocycles. The van der Waals surface area contributed by atoms with E-state index in [1.165, 1.54) is 45.6 Å². The maximum atomic E-state index is 3.50. The van der Waals surface area contributed by atoms with Gasteiger partial charge >= 0.3 is 0 Å². The van der Waals surface area contributed by atoms with Gasteiger partial charge in [0.25, 0.3) is 0 Å². The second-order valence-corrected chi connectivity index (χ2v) is 8.26. The Bertz CT molecular complexity index is 592. The van der Waals surface area contributed by atoms with E-state index < -0.39 is 0 Å². The lowest BCUT2D eigenvalue weighted by atomic mass is 10.1. The fraction of sp³-hybridized carbons (Fsp3) is 0.400. The van der Waals surface area contributed by atoms with E-state index in [0.29, 0.717) is 0 Å². The molecule has 0 fully saturated rings. The molecule has 0 radical (unpaired) electrons. The van der Waals surface area contributed by atoms with Crippen molar-refractivity contribution in [2.24, 2.45) is 0 Å². The first kappa shape index (κ1) is 18.3. The Morgan fingerprint density at radius 3 is 2.09 bits per heavy atom. The lowest BCUT2D eigenvalue weighted by Gasteiger charge is -2.24. The van der Waals surface area contributed by atoms with E-state index in [1.54, 1.807) is 11.3 Å². The van der Waals surface area contributed by atoms with Gasteiger partial charge in [-0.2, -0.15) is 0 Å². The molecular formula is C20H26BrNS. The molecule has 1 nitrogen and oxygen atoms in total. The van der Waals surface area contributed by atoms with Crippen LogP contribution in [0.4, 0.5) is 5.69 Å². The van der Waals surface area contributed by atoms with E-state index in [1.807, 2.05) is 0 Å². The predicted molar refractivity (Wildman–Crippen MR) is 109 cm³/mol. The molecule has 0 saturated heterocycles. The summed E-state index contributed by atoms with van der Waals surface area (Å²) in [5, 5.41) is 0. The predicted octanol–water partition coefficient (Wildman–Crippen LogP) is 7.09. The molecule has 1 aromatic heterocycles. The first-order chi connectivity index (χ1) is 11.2. The van der Waals surface area contributed by atoms with Crippen LogP contribution in [0.25, 0.3) is 12.2 Å². The maximum Gasteiger partial charge on any atom is 0.0704 e. The van der Waals surface area contributed by atoms with Gasteiger partial charge < -0.3 is 4.90 Å². The smallest absolute Gasteiger partial charge is 0.0704 e. The Balaban J connectivity index is 2.02. The quantitative estimate of drug-likeness (QED) is 0.440. The van der Waals surface area contributed by atoms with Crippen LogP contribution in [0, 0.1) is 0 Å². The van der Waals surface area contributed by atoms with Gasteiger partial charge in [-0.3, -0.25) is 0 Å². The standard InChI is InChI=1S/C20H26BrNS/c1-3-5-15-22(16-6-4-2)18-10-7-17(8-11-18)9-12-19-13-14-20(21)23-19/h7-14H,3-6,15-16H2,1-2H3. The molecule has 0 atom stereocenters. The van der Waals surface area contributed by atoms with Crippen molar-refractivity contribution in [3.05, 3.63) is 50.6 Å². The van der Waals surface area contributed by atoms with Gasteiger partial charge in [0.05, 0.1) is 3.79 Å². The molecule has 0 aliphatic carbocycles. The van der Waals surface area contributed by atoms with E-state index in [0.717, 1.165) is 13.1 Å². The van der Waals surface area contributed by atoms with Gasteiger partial charge in [0.2, 0.25) is 0 Å². The average molecular weight is 392 g/mol. The summed E-state index contributed by atoms with van der Waals surface area (Å²) in [4.78, 5) is 3.80. The number of rotatable bonds is 9. The van der Waals surface area contributed by atoms with Crippen molar-refractivity contribution in [3.63, 3.8) is 0 Å². The molecular weight excluding hydrogens is 366 g/mol. The van der Waals surface area contributed by atoms with Gasteiger partial charge in [0.1, 0.15) is 0 Å². The third kappa shape index (κ3) is 6.15. The number of nitrogens with zero attached hydrogens (tertiary/aromatic N) is 1. The van der Waals surface area contributed by atoms with Crippen LogP contribution in [-0.4, -0.2) is 13.1 Å². The summed E-state index contributed by atoms with van der Waals surface area (Å²) in [6.07, 6.45) is 9.39. The summed E-state index contributed by atoms with van der Waals surface area (Å²) in [6.45, 7) is 6.84. The monoisotopic (exact) mass is 391 g/mol. The third-order valence-electron chi connectivity index (χ3n) is 3.86. The minimum Gasteiger partial charge on any atom is -0.372 e. The minimum absolute atomic E-state index is 1.16. The second kappa shape index (κ2) is 9.94. The Morgan fingerprint density at radius 1 is 0.913 bits per heavy atom. The van der Waals surface area contributed by atoms with Crippen molar-refractivity contribution in [2.45, 2.75) is 39.5 Å². The molecule has 23 heavy (non-hydrogen) atoms. The maximum absolute atomic E-state index is 3.50. The summed E-state index contributed by atoms with van der Waals surface area (Å²) in [6, 6.07) is 13.2. The van der Waals surface area contributed by atoms with Gasteiger partial charge in [0.15, 0.2) is 0 Å². The lowest BCUT2D eigenvalue weighted by Crippen LogP contribution is -2.25. The highest BCUT2D eigenvalue weighted by Gasteiger charge is 2.05. The molecule has 0 unspecified atom stereocenters. The molecule has 2 aromatic rings. The Hall–Kier alpha value is -1.06. The zero-order valence-electron chi connectivity index (χ0n) is 14.1. The van der Waals surface area contributed by atoms with E-state index in [-0.39, 0.29) is 0 Å². The van der Waals surface area contributed by atoms with Crippen LogP contribution in [0.5, 0.6) is 0 Å². The highest BCUT2D eigenvalue weighted by molar-refractivity contribution is 9.11. The lowest BCUT2D eigenvalue weighted by molar-refractivity contribution is 0.678. The highest BCUT2D eigenvalue weighted by Crippen LogP contribution is 2.24. The molecule has 0 aliphatic rings. The van der Waals surface area contributed by atoms with Crippen molar-refractivity contribution in [3.8, 4) is 0 Å².